The molecule has 0 radical (unpaired) electrons. The minimum atomic E-state index is -0.478. The van der Waals surface area contributed by atoms with Crippen molar-refractivity contribution in [3.63, 3.8) is 0 Å². The Morgan fingerprint density at radius 2 is 2.07 bits per heavy atom. The monoisotopic (exact) mass is 367 g/mol. The number of amides is 2. The summed E-state index contributed by atoms with van der Waals surface area (Å²) in [6, 6.07) is 7.47. The van der Waals surface area contributed by atoms with Crippen LogP contribution in [0.4, 0.5) is 5.69 Å². The van der Waals surface area contributed by atoms with Crippen molar-refractivity contribution < 1.29 is 14.0 Å². The van der Waals surface area contributed by atoms with Gasteiger partial charge in [-0.2, -0.15) is 5.10 Å². The highest BCUT2D eigenvalue weighted by atomic mass is 16.4. The lowest BCUT2D eigenvalue weighted by atomic mass is 10.2. The number of oxazole rings is 1. The third-order valence-electron chi connectivity index (χ3n) is 4.09. The van der Waals surface area contributed by atoms with Crippen LogP contribution in [0.15, 0.2) is 41.1 Å². The quantitative estimate of drug-likeness (QED) is 0.719. The second-order valence-electron chi connectivity index (χ2n) is 6.34. The minimum Gasteiger partial charge on any atom is -0.440 e. The number of carbonyl (C=O) groups is 2. The number of nitrogens with two attached hydrogens (primary N) is 1. The summed E-state index contributed by atoms with van der Waals surface area (Å²) in [5, 5.41) is 4.09. The zero-order chi connectivity index (χ0) is 19.6. The number of hydrogen-bond donors (Lipinski definition) is 1. The topological polar surface area (TPSA) is 107 Å². The van der Waals surface area contributed by atoms with E-state index in [9.17, 15) is 9.59 Å². The normalized spacial score (nSPS) is 10.8. The molecule has 2 N–H and O–H groups in total. The standard InChI is InChI=1S/C19H21N5O3/c1-12-5-4-6-15(9-12)24(8-7-16(20)25)19(26)17-13(2)27-18(22-17)14-10-21-23(3)11-14/h4-6,9-11H,7-8H2,1-3H3,(H2,20,25). The van der Waals surface area contributed by atoms with Crippen molar-refractivity contribution in [3.8, 4) is 11.5 Å². The summed E-state index contributed by atoms with van der Waals surface area (Å²) in [6.45, 7) is 3.77. The molecule has 140 valence electrons. The molecule has 1 aromatic carbocycles. The zero-order valence-electron chi connectivity index (χ0n) is 15.5. The van der Waals surface area contributed by atoms with Gasteiger partial charge in [-0.25, -0.2) is 4.98 Å². The lowest BCUT2D eigenvalue weighted by Gasteiger charge is -2.22. The maximum absolute atomic E-state index is 13.2. The van der Waals surface area contributed by atoms with E-state index in [1.165, 1.54) is 4.90 Å². The summed E-state index contributed by atoms with van der Waals surface area (Å²) in [5.41, 5.74) is 7.82. The average Bonchev–Trinajstić information content (AvgIpc) is 3.20. The van der Waals surface area contributed by atoms with Crippen molar-refractivity contribution in [1.82, 2.24) is 14.8 Å². The van der Waals surface area contributed by atoms with Crippen LogP contribution in [0.5, 0.6) is 0 Å². The van der Waals surface area contributed by atoms with Crippen LogP contribution in [0, 0.1) is 13.8 Å². The predicted octanol–water partition coefficient (Wildman–Crippen LogP) is 2.21. The van der Waals surface area contributed by atoms with Crippen molar-refractivity contribution in [2.75, 3.05) is 11.4 Å². The Bertz CT molecular complexity index is 989. The van der Waals surface area contributed by atoms with Crippen LogP contribution in [-0.4, -0.2) is 33.1 Å². The average molecular weight is 367 g/mol. The van der Waals surface area contributed by atoms with Crippen LogP contribution >= 0.6 is 0 Å². The Morgan fingerprint density at radius 3 is 2.70 bits per heavy atom. The summed E-state index contributed by atoms with van der Waals surface area (Å²) in [5.74, 6) is -0.106. The molecule has 2 amide bonds. The lowest BCUT2D eigenvalue weighted by Crippen LogP contribution is -2.34. The highest BCUT2D eigenvalue weighted by Crippen LogP contribution is 2.24. The van der Waals surface area contributed by atoms with Gasteiger partial charge in [0.15, 0.2) is 5.69 Å². The molecule has 27 heavy (non-hydrogen) atoms. The molecule has 0 bridgehead atoms. The Hall–Kier alpha value is -3.42. The third kappa shape index (κ3) is 4.05. The van der Waals surface area contributed by atoms with Gasteiger partial charge in [-0.1, -0.05) is 12.1 Å². The lowest BCUT2D eigenvalue weighted by molar-refractivity contribution is -0.117. The van der Waals surface area contributed by atoms with Gasteiger partial charge < -0.3 is 15.1 Å². The van der Waals surface area contributed by atoms with Gasteiger partial charge in [-0.05, 0) is 31.5 Å². The summed E-state index contributed by atoms with van der Waals surface area (Å²) in [6.07, 6.45) is 3.42. The summed E-state index contributed by atoms with van der Waals surface area (Å²) >= 11 is 0. The van der Waals surface area contributed by atoms with Gasteiger partial charge in [0, 0.05) is 31.9 Å². The second kappa shape index (κ2) is 7.45. The Labute approximate surface area is 156 Å². The molecule has 0 atom stereocenters. The van der Waals surface area contributed by atoms with Gasteiger partial charge in [-0.15, -0.1) is 0 Å². The van der Waals surface area contributed by atoms with Crippen molar-refractivity contribution in [3.05, 3.63) is 53.7 Å². The van der Waals surface area contributed by atoms with Crippen molar-refractivity contribution >= 4 is 17.5 Å². The van der Waals surface area contributed by atoms with Crippen LogP contribution in [0.25, 0.3) is 11.5 Å². The van der Waals surface area contributed by atoms with Crippen LogP contribution < -0.4 is 10.6 Å². The molecule has 0 spiro atoms. The van der Waals surface area contributed by atoms with E-state index in [-0.39, 0.29) is 24.6 Å². The van der Waals surface area contributed by atoms with Crippen LogP contribution in [0.3, 0.4) is 0 Å². The Morgan fingerprint density at radius 1 is 1.30 bits per heavy atom. The summed E-state index contributed by atoms with van der Waals surface area (Å²) < 4.78 is 7.29. The first-order valence-corrected chi connectivity index (χ1v) is 8.48. The fraction of sp³-hybridized carbons (Fsp3) is 0.263. The number of nitrogens with zero attached hydrogens (tertiary/aromatic N) is 4. The number of rotatable bonds is 6. The maximum atomic E-state index is 13.2. The van der Waals surface area contributed by atoms with Crippen molar-refractivity contribution in [1.29, 1.82) is 0 Å². The molecule has 0 unspecified atom stereocenters. The smallest absolute Gasteiger partial charge is 0.280 e. The van der Waals surface area contributed by atoms with E-state index in [1.54, 1.807) is 31.0 Å². The number of primary amides is 1. The molecule has 0 aliphatic carbocycles. The van der Waals surface area contributed by atoms with Gasteiger partial charge in [0.2, 0.25) is 11.8 Å². The Balaban J connectivity index is 1.96. The second-order valence-corrected chi connectivity index (χ2v) is 6.34. The van der Waals surface area contributed by atoms with Gasteiger partial charge in [0.25, 0.3) is 5.91 Å². The van der Waals surface area contributed by atoms with Crippen LogP contribution in [0.2, 0.25) is 0 Å². The molecular formula is C19H21N5O3. The van der Waals surface area contributed by atoms with Crippen molar-refractivity contribution in [2.45, 2.75) is 20.3 Å². The molecule has 2 aromatic heterocycles. The largest absolute Gasteiger partial charge is 0.440 e. The molecular weight excluding hydrogens is 346 g/mol. The minimum absolute atomic E-state index is 0.0477. The fourth-order valence-corrected chi connectivity index (χ4v) is 2.74. The number of aromatic nitrogens is 3. The molecule has 0 fully saturated rings. The molecule has 8 heteroatoms. The first-order valence-electron chi connectivity index (χ1n) is 8.48. The number of carbonyl (C=O) groups excluding carboxylic acids is 2. The number of hydrogen-bond acceptors (Lipinski definition) is 5. The number of anilines is 1. The van der Waals surface area contributed by atoms with Crippen LogP contribution in [-0.2, 0) is 11.8 Å². The SMILES string of the molecule is Cc1cccc(N(CCC(N)=O)C(=O)c2nc(-c3cnn(C)c3)oc2C)c1. The molecule has 0 saturated carbocycles. The molecule has 0 aliphatic rings. The van der Waals surface area contributed by atoms with E-state index in [4.69, 9.17) is 10.2 Å². The molecule has 3 aromatic rings. The van der Waals surface area contributed by atoms with Gasteiger partial charge in [0.05, 0.1) is 11.8 Å². The molecule has 2 heterocycles. The number of aryl methyl sites for hydroxylation is 3. The molecule has 8 nitrogen and oxygen atoms in total. The maximum Gasteiger partial charge on any atom is 0.280 e. The predicted molar refractivity (Wildman–Crippen MR) is 100 cm³/mol. The summed E-state index contributed by atoms with van der Waals surface area (Å²) in [7, 11) is 1.79. The van der Waals surface area contributed by atoms with E-state index in [0.717, 1.165) is 5.56 Å². The van der Waals surface area contributed by atoms with E-state index in [0.29, 0.717) is 22.9 Å². The first-order chi connectivity index (χ1) is 12.8. The Kier molecular flexibility index (Phi) is 5.07. The van der Waals surface area contributed by atoms with E-state index in [1.807, 2.05) is 31.2 Å². The fourth-order valence-electron chi connectivity index (χ4n) is 2.74. The summed E-state index contributed by atoms with van der Waals surface area (Å²) in [4.78, 5) is 30.3. The highest BCUT2D eigenvalue weighted by molar-refractivity contribution is 6.06. The van der Waals surface area contributed by atoms with Gasteiger partial charge in [-0.3, -0.25) is 14.3 Å². The van der Waals surface area contributed by atoms with E-state index >= 15 is 0 Å². The number of benzene rings is 1. The van der Waals surface area contributed by atoms with E-state index < -0.39 is 5.91 Å². The van der Waals surface area contributed by atoms with Crippen molar-refractivity contribution in [2.24, 2.45) is 12.8 Å². The zero-order valence-corrected chi connectivity index (χ0v) is 15.5. The first kappa shape index (κ1) is 18.4. The van der Waals surface area contributed by atoms with Gasteiger partial charge in [0.1, 0.15) is 5.76 Å². The van der Waals surface area contributed by atoms with Crippen LogP contribution in [0.1, 0.15) is 28.2 Å². The molecule has 0 aliphatic heterocycles. The highest BCUT2D eigenvalue weighted by Gasteiger charge is 2.25. The third-order valence-corrected chi connectivity index (χ3v) is 4.09. The van der Waals surface area contributed by atoms with Gasteiger partial charge >= 0.3 is 0 Å². The molecule has 0 saturated heterocycles. The van der Waals surface area contributed by atoms with E-state index in [2.05, 4.69) is 10.1 Å². The molecule has 3 rings (SSSR count).